The van der Waals surface area contributed by atoms with Gasteiger partial charge in [-0.1, -0.05) is 12.8 Å². The highest BCUT2D eigenvalue weighted by Crippen LogP contribution is 2.25. The van der Waals surface area contributed by atoms with Crippen molar-refractivity contribution in [3.05, 3.63) is 29.8 Å². The molecule has 2 amide bonds. The molecule has 0 spiro atoms. The zero-order chi connectivity index (χ0) is 24.4. The van der Waals surface area contributed by atoms with Crippen LogP contribution in [0.15, 0.2) is 18.2 Å². The maximum atomic E-state index is 13.8. The fourth-order valence-electron chi connectivity index (χ4n) is 3.61. The van der Waals surface area contributed by atoms with Crippen LogP contribution in [0.25, 0.3) is 0 Å². The Labute approximate surface area is 193 Å². The third kappa shape index (κ3) is 9.75. The predicted octanol–water partition coefficient (Wildman–Crippen LogP) is 4.28. The molecule has 9 heteroatoms. The quantitative estimate of drug-likeness (QED) is 0.473. The molecular formula is C24H34F2N2O5. The van der Waals surface area contributed by atoms with Crippen molar-refractivity contribution in [2.75, 3.05) is 13.2 Å². The van der Waals surface area contributed by atoms with Gasteiger partial charge in [0.15, 0.2) is 17.3 Å². The second kappa shape index (κ2) is 12.5. The standard InChI is InChI=1S/C24H34F2N2O5/c1-24(2,3)33-23(31)27-13-7-6-10-19(28-22(30)16-8-4-5-9-16)20(29)15-32-21-14-17(25)11-12-18(21)26/h11-12,14,16,19H,4-10,13,15H2,1-3H3,(H,27,31)(H,28,30). The van der Waals surface area contributed by atoms with Gasteiger partial charge in [0.25, 0.3) is 0 Å². The molecule has 1 atom stereocenters. The number of hydrogen-bond acceptors (Lipinski definition) is 5. The first kappa shape index (κ1) is 26.5. The van der Waals surface area contributed by atoms with E-state index in [1.54, 1.807) is 20.8 Å². The molecule has 0 radical (unpaired) electrons. The Hall–Kier alpha value is -2.71. The number of carbonyl (C=O) groups is 3. The van der Waals surface area contributed by atoms with E-state index in [1.807, 2.05) is 0 Å². The molecule has 0 heterocycles. The predicted molar refractivity (Wildman–Crippen MR) is 119 cm³/mol. The summed E-state index contributed by atoms with van der Waals surface area (Å²) in [5.74, 6) is -2.52. The van der Waals surface area contributed by atoms with Crippen LogP contribution in [-0.2, 0) is 14.3 Å². The molecule has 0 aromatic heterocycles. The van der Waals surface area contributed by atoms with Crippen molar-refractivity contribution < 1.29 is 32.6 Å². The molecule has 1 aliphatic carbocycles. The average molecular weight is 469 g/mol. The number of ether oxygens (including phenoxy) is 2. The van der Waals surface area contributed by atoms with Crippen molar-refractivity contribution in [1.82, 2.24) is 10.6 Å². The zero-order valence-electron chi connectivity index (χ0n) is 19.5. The Balaban J connectivity index is 1.87. The van der Waals surface area contributed by atoms with E-state index in [4.69, 9.17) is 9.47 Å². The number of halogens is 2. The number of ketones is 1. The van der Waals surface area contributed by atoms with E-state index in [-0.39, 0.29) is 17.6 Å². The minimum Gasteiger partial charge on any atom is -0.483 e. The van der Waals surface area contributed by atoms with Crippen LogP contribution in [0.4, 0.5) is 13.6 Å². The van der Waals surface area contributed by atoms with E-state index < -0.39 is 41.8 Å². The lowest BCUT2D eigenvalue weighted by molar-refractivity contribution is -0.131. The number of carbonyl (C=O) groups excluding carboxylic acids is 3. The van der Waals surface area contributed by atoms with E-state index in [2.05, 4.69) is 10.6 Å². The Morgan fingerprint density at radius 3 is 2.48 bits per heavy atom. The van der Waals surface area contributed by atoms with E-state index in [0.717, 1.165) is 43.9 Å². The lowest BCUT2D eigenvalue weighted by Crippen LogP contribution is -2.45. The molecule has 184 valence electrons. The monoisotopic (exact) mass is 468 g/mol. The highest BCUT2D eigenvalue weighted by Gasteiger charge is 2.28. The second-order valence-corrected chi connectivity index (χ2v) is 9.30. The summed E-state index contributed by atoms with van der Waals surface area (Å²) in [6.45, 7) is 5.18. The first-order valence-corrected chi connectivity index (χ1v) is 11.4. The molecule has 0 saturated heterocycles. The van der Waals surface area contributed by atoms with Crippen molar-refractivity contribution in [2.24, 2.45) is 5.92 Å². The van der Waals surface area contributed by atoms with Crippen molar-refractivity contribution in [2.45, 2.75) is 77.4 Å². The zero-order valence-corrected chi connectivity index (χ0v) is 19.5. The van der Waals surface area contributed by atoms with E-state index >= 15 is 0 Å². The molecule has 1 fully saturated rings. The lowest BCUT2D eigenvalue weighted by atomic mass is 10.0. The van der Waals surface area contributed by atoms with Crippen LogP contribution >= 0.6 is 0 Å². The summed E-state index contributed by atoms with van der Waals surface area (Å²) in [6, 6.07) is 1.94. The van der Waals surface area contributed by atoms with Gasteiger partial charge < -0.3 is 20.1 Å². The van der Waals surface area contributed by atoms with Gasteiger partial charge in [0.05, 0.1) is 6.04 Å². The van der Waals surface area contributed by atoms with E-state index in [0.29, 0.717) is 25.8 Å². The van der Waals surface area contributed by atoms with E-state index in [1.165, 1.54) is 0 Å². The van der Waals surface area contributed by atoms with Crippen molar-refractivity contribution in [3.8, 4) is 5.75 Å². The molecule has 2 rings (SSSR count). The molecule has 1 aromatic rings. The number of benzene rings is 1. The van der Waals surface area contributed by atoms with Crippen molar-refractivity contribution in [3.63, 3.8) is 0 Å². The minimum atomic E-state index is -0.809. The largest absolute Gasteiger partial charge is 0.483 e. The summed E-state index contributed by atoms with van der Waals surface area (Å²) in [4.78, 5) is 37.0. The average Bonchev–Trinajstić information content (AvgIpc) is 3.26. The second-order valence-electron chi connectivity index (χ2n) is 9.30. The number of Topliss-reactive ketones (excluding diaryl/α,β-unsaturated/α-hetero) is 1. The van der Waals surface area contributed by atoms with Gasteiger partial charge in [-0.3, -0.25) is 9.59 Å². The first-order chi connectivity index (χ1) is 15.5. The Morgan fingerprint density at radius 1 is 1.12 bits per heavy atom. The molecule has 0 bridgehead atoms. The van der Waals surface area contributed by atoms with Crippen LogP contribution in [0.1, 0.15) is 65.7 Å². The smallest absolute Gasteiger partial charge is 0.407 e. The fraction of sp³-hybridized carbons (Fsp3) is 0.625. The topological polar surface area (TPSA) is 93.7 Å². The van der Waals surface area contributed by atoms with Gasteiger partial charge in [-0.2, -0.15) is 0 Å². The normalized spacial score (nSPS) is 15.1. The number of rotatable bonds is 11. The van der Waals surface area contributed by atoms with Crippen LogP contribution < -0.4 is 15.4 Å². The first-order valence-electron chi connectivity index (χ1n) is 11.4. The van der Waals surface area contributed by atoms with Crippen LogP contribution in [-0.4, -0.2) is 42.6 Å². The van der Waals surface area contributed by atoms with Gasteiger partial charge >= 0.3 is 6.09 Å². The summed E-state index contributed by atoms with van der Waals surface area (Å²) >= 11 is 0. The highest BCUT2D eigenvalue weighted by atomic mass is 19.1. The number of unbranched alkanes of at least 4 members (excludes halogenated alkanes) is 1. The molecule has 1 aliphatic rings. The Morgan fingerprint density at radius 2 is 1.82 bits per heavy atom. The number of hydrogen-bond donors (Lipinski definition) is 2. The molecule has 2 N–H and O–H groups in total. The summed E-state index contributed by atoms with van der Waals surface area (Å²) < 4.78 is 37.5. The van der Waals surface area contributed by atoms with Gasteiger partial charge in [0, 0.05) is 18.5 Å². The molecule has 7 nitrogen and oxygen atoms in total. The van der Waals surface area contributed by atoms with Crippen LogP contribution in [0.3, 0.4) is 0 Å². The summed E-state index contributed by atoms with van der Waals surface area (Å²) in [5.41, 5.74) is -0.590. The van der Waals surface area contributed by atoms with Crippen LogP contribution in [0.5, 0.6) is 5.75 Å². The van der Waals surface area contributed by atoms with Gasteiger partial charge in [-0.15, -0.1) is 0 Å². The maximum Gasteiger partial charge on any atom is 0.407 e. The lowest BCUT2D eigenvalue weighted by Gasteiger charge is -2.21. The summed E-state index contributed by atoms with van der Waals surface area (Å²) in [6.07, 6.45) is 4.48. The van der Waals surface area contributed by atoms with Crippen molar-refractivity contribution >= 4 is 17.8 Å². The third-order valence-electron chi connectivity index (χ3n) is 5.28. The third-order valence-corrected chi connectivity index (χ3v) is 5.28. The number of amides is 2. The minimum absolute atomic E-state index is 0.115. The van der Waals surface area contributed by atoms with Gasteiger partial charge in [-0.25, -0.2) is 13.6 Å². The fourth-order valence-corrected chi connectivity index (χ4v) is 3.61. The van der Waals surface area contributed by atoms with Gasteiger partial charge in [0.1, 0.15) is 18.0 Å². The van der Waals surface area contributed by atoms with Crippen LogP contribution in [0, 0.1) is 17.6 Å². The molecule has 1 aromatic carbocycles. The molecule has 0 aliphatic heterocycles. The Kier molecular flexibility index (Phi) is 10.1. The highest BCUT2D eigenvalue weighted by molar-refractivity contribution is 5.90. The molecule has 33 heavy (non-hydrogen) atoms. The van der Waals surface area contributed by atoms with Crippen molar-refractivity contribution in [1.29, 1.82) is 0 Å². The van der Waals surface area contributed by atoms with Gasteiger partial charge in [-0.05, 0) is 65.0 Å². The summed E-state index contributed by atoms with van der Waals surface area (Å²) in [7, 11) is 0. The SMILES string of the molecule is CC(C)(C)OC(=O)NCCCCC(NC(=O)C1CCCC1)C(=O)COc1cc(F)ccc1F. The Bertz CT molecular complexity index is 820. The molecule has 1 unspecified atom stereocenters. The van der Waals surface area contributed by atoms with E-state index in [9.17, 15) is 23.2 Å². The molecule has 1 saturated carbocycles. The van der Waals surface area contributed by atoms with Gasteiger partial charge in [0.2, 0.25) is 5.91 Å². The maximum absolute atomic E-state index is 13.8. The summed E-state index contributed by atoms with van der Waals surface area (Å²) in [5, 5.41) is 5.45. The number of nitrogens with one attached hydrogen (secondary N) is 2. The van der Waals surface area contributed by atoms with Crippen LogP contribution in [0.2, 0.25) is 0 Å². The molecular weight excluding hydrogens is 434 g/mol. The number of alkyl carbamates (subject to hydrolysis) is 1.